The summed E-state index contributed by atoms with van der Waals surface area (Å²) < 4.78 is 0. The standard InChI is InChI=1S/C19H21NOS/c1-2-6-15-13-14-7-3-4-9-17(14)19(21)18(15)20-11-10-16-8-5-12-22-16/h3-5,7-9,12-13,20-21H,2,6,10-11H2,1H3. The van der Waals surface area contributed by atoms with Crippen LogP contribution in [0.3, 0.4) is 0 Å². The molecule has 0 fully saturated rings. The lowest BCUT2D eigenvalue weighted by Gasteiger charge is -2.16. The fourth-order valence-electron chi connectivity index (χ4n) is 2.81. The number of hydrogen-bond acceptors (Lipinski definition) is 3. The molecule has 0 atom stereocenters. The van der Waals surface area contributed by atoms with E-state index in [0.29, 0.717) is 5.75 Å². The van der Waals surface area contributed by atoms with Gasteiger partial charge in [-0.05, 0) is 41.3 Å². The lowest BCUT2D eigenvalue weighted by Crippen LogP contribution is -2.07. The highest BCUT2D eigenvalue weighted by Gasteiger charge is 2.12. The van der Waals surface area contributed by atoms with Crippen molar-refractivity contribution in [3.63, 3.8) is 0 Å². The number of hydrogen-bond donors (Lipinski definition) is 2. The summed E-state index contributed by atoms with van der Waals surface area (Å²) >= 11 is 1.78. The topological polar surface area (TPSA) is 32.3 Å². The smallest absolute Gasteiger partial charge is 0.146 e. The molecule has 2 aromatic carbocycles. The first kappa shape index (κ1) is 14.9. The zero-order chi connectivity index (χ0) is 15.4. The molecule has 0 aliphatic carbocycles. The number of phenolic OH excluding ortho intramolecular Hbond substituents is 1. The number of aryl methyl sites for hydroxylation is 1. The van der Waals surface area contributed by atoms with E-state index in [9.17, 15) is 5.11 Å². The van der Waals surface area contributed by atoms with Crippen LogP contribution in [0.15, 0.2) is 47.8 Å². The number of fused-ring (bicyclic) bond motifs is 1. The Labute approximate surface area is 135 Å². The molecule has 3 rings (SSSR count). The minimum atomic E-state index is 0.382. The predicted molar refractivity (Wildman–Crippen MR) is 96.1 cm³/mol. The van der Waals surface area contributed by atoms with E-state index in [1.807, 2.05) is 18.2 Å². The van der Waals surface area contributed by atoms with E-state index in [1.54, 1.807) is 11.3 Å². The van der Waals surface area contributed by atoms with Gasteiger partial charge in [-0.1, -0.05) is 43.7 Å². The Bertz CT molecular complexity index is 749. The van der Waals surface area contributed by atoms with E-state index in [-0.39, 0.29) is 0 Å². The summed E-state index contributed by atoms with van der Waals surface area (Å²) in [5, 5.41) is 18.2. The summed E-state index contributed by atoms with van der Waals surface area (Å²) in [6.07, 6.45) is 3.02. The normalized spacial score (nSPS) is 11.0. The largest absolute Gasteiger partial charge is 0.505 e. The lowest BCUT2D eigenvalue weighted by atomic mass is 10.0. The van der Waals surface area contributed by atoms with Crippen LogP contribution < -0.4 is 5.32 Å². The lowest BCUT2D eigenvalue weighted by molar-refractivity contribution is 0.483. The molecule has 1 aromatic heterocycles. The monoisotopic (exact) mass is 311 g/mol. The Kier molecular flexibility index (Phi) is 4.64. The quantitative estimate of drug-likeness (QED) is 0.612. The van der Waals surface area contributed by atoms with Crippen molar-refractivity contribution in [2.45, 2.75) is 26.2 Å². The number of rotatable bonds is 6. The van der Waals surface area contributed by atoms with Crippen LogP contribution in [0.25, 0.3) is 10.8 Å². The van der Waals surface area contributed by atoms with Crippen LogP contribution >= 0.6 is 11.3 Å². The van der Waals surface area contributed by atoms with Gasteiger partial charge in [0.15, 0.2) is 0 Å². The number of phenols is 1. The third-order valence-corrected chi connectivity index (χ3v) is 4.81. The molecular weight excluding hydrogens is 290 g/mol. The van der Waals surface area contributed by atoms with Crippen LogP contribution in [0.5, 0.6) is 5.75 Å². The van der Waals surface area contributed by atoms with Crippen LogP contribution in [-0.2, 0) is 12.8 Å². The number of thiophene rings is 1. The average Bonchev–Trinajstić information content (AvgIpc) is 3.04. The fourth-order valence-corrected chi connectivity index (χ4v) is 3.52. The van der Waals surface area contributed by atoms with Crippen molar-refractivity contribution in [1.29, 1.82) is 0 Å². The highest BCUT2D eigenvalue weighted by Crippen LogP contribution is 2.36. The Morgan fingerprint density at radius 2 is 1.95 bits per heavy atom. The molecule has 22 heavy (non-hydrogen) atoms. The van der Waals surface area contributed by atoms with Crippen molar-refractivity contribution in [2.75, 3.05) is 11.9 Å². The maximum absolute atomic E-state index is 10.7. The van der Waals surface area contributed by atoms with Gasteiger partial charge in [-0.25, -0.2) is 0 Å². The SMILES string of the molecule is CCCc1cc2ccccc2c(O)c1NCCc1cccs1. The number of anilines is 1. The first-order valence-corrected chi connectivity index (χ1v) is 8.67. The highest BCUT2D eigenvalue weighted by atomic mass is 32.1. The molecule has 0 aliphatic heterocycles. The van der Waals surface area contributed by atoms with E-state index in [4.69, 9.17) is 0 Å². The molecule has 3 aromatic rings. The number of benzene rings is 2. The zero-order valence-corrected chi connectivity index (χ0v) is 13.6. The number of aromatic hydroxyl groups is 1. The second-order valence-electron chi connectivity index (χ2n) is 5.49. The van der Waals surface area contributed by atoms with E-state index in [2.05, 4.69) is 41.9 Å². The summed E-state index contributed by atoms with van der Waals surface area (Å²) in [7, 11) is 0. The molecule has 0 spiro atoms. The minimum Gasteiger partial charge on any atom is -0.505 e. The molecule has 0 bridgehead atoms. The van der Waals surface area contributed by atoms with Gasteiger partial charge in [0.2, 0.25) is 0 Å². The van der Waals surface area contributed by atoms with Crippen molar-refractivity contribution in [2.24, 2.45) is 0 Å². The zero-order valence-electron chi connectivity index (χ0n) is 12.8. The number of nitrogens with one attached hydrogen (secondary N) is 1. The van der Waals surface area contributed by atoms with Crippen molar-refractivity contribution in [3.8, 4) is 5.75 Å². The van der Waals surface area contributed by atoms with Crippen LogP contribution in [0.4, 0.5) is 5.69 Å². The first-order valence-electron chi connectivity index (χ1n) is 7.79. The van der Waals surface area contributed by atoms with E-state index < -0.39 is 0 Å². The molecule has 3 heteroatoms. The van der Waals surface area contributed by atoms with Crippen LogP contribution in [0.2, 0.25) is 0 Å². The minimum absolute atomic E-state index is 0.382. The first-order chi connectivity index (χ1) is 10.8. The third-order valence-electron chi connectivity index (χ3n) is 3.88. The van der Waals surface area contributed by atoms with E-state index >= 15 is 0 Å². The highest BCUT2D eigenvalue weighted by molar-refractivity contribution is 7.09. The van der Waals surface area contributed by atoms with Gasteiger partial charge in [-0.2, -0.15) is 0 Å². The van der Waals surface area contributed by atoms with Gasteiger partial charge in [0, 0.05) is 16.8 Å². The summed E-state index contributed by atoms with van der Waals surface area (Å²) in [5.41, 5.74) is 2.10. The molecule has 2 nitrogen and oxygen atoms in total. The summed E-state index contributed by atoms with van der Waals surface area (Å²) in [6.45, 7) is 3.00. The van der Waals surface area contributed by atoms with Gasteiger partial charge in [0.05, 0.1) is 5.69 Å². The van der Waals surface area contributed by atoms with Crippen molar-refractivity contribution < 1.29 is 5.11 Å². The van der Waals surface area contributed by atoms with Gasteiger partial charge < -0.3 is 10.4 Å². The van der Waals surface area contributed by atoms with E-state index in [0.717, 1.165) is 42.3 Å². The maximum Gasteiger partial charge on any atom is 0.146 e. The Morgan fingerprint density at radius 1 is 1.09 bits per heavy atom. The Hall–Kier alpha value is -2.00. The summed E-state index contributed by atoms with van der Waals surface area (Å²) in [6, 6.07) is 14.5. The maximum atomic E-state index is 10.7. The van der Waals surface area contributed by atoms with Crippen LogP contribution in [0, 0.1) is 0 Å². The molecule has 0 radical (unpaired) electrons. The molecule has 0 saturated carbocycles. The molecular formula is C19H21NOS. The van der Waals surface area contributed by atoms with Crippen molar-refractivity contribution >= 4 is 27.8 Å². The molecule has 0 unspecified atom stereocenters. The predicted octanol–water partition coefficient (Wildman–Crippen LogP) is 5.21. The molecule has 1 heterocycles. The third kappa shape index (κ3) is 3.09. The second-order valence-corrected chi connectivity index (χ2v) is 6.52. The van der Waals surface area contributed by atoms with Crippen LogP contribution in [0.1, 0.15) is 23.8 Å². The molecule has 2 N–H and O–H groups in total. The van der Waals surface area contributed by atoms with Gasteiger partial charge in [0.25, 0.3) is 0 Å². The van der Waals surface area contributed by atoms with Crippen molar-refractivity contribution in [1.82, 2.24) is 0 Å². The van der Waals surface area contributed by atoms with Gasteiger partial charge in [-0.3, -0.25) is 0 Å². The summed E-state index contributed by atoms with van der Waals surface area (Å²) in [5.74, 6) is 0.382. The van der Waals surface area contributed by atoms with Crippen molar-refractivity contribution in [3.05, 3.63) is 58.3 Å². The molecule has 0 aliphatic rings. The van der Waals surface area contributed by atoms with Gasteiger partial charge in [0.1, 0.15) is 5.75 Å². The van der Waals surface area contributed by atoms with Gasteiger partial charge >= 0.3 is 0 Å². The van der Waals surface area contributed by atoms with Crippen LogP contribution in [-0.4, -0.2) is 11.7 Å². The molecule has 0 amide bonds. The van der Waals surface area contributed by atoms with E-state index in [1.165, 1.54) is 10.4 Å². The molecule has 0 saturated heterocycles. The van der Waals surface area contributed by atoms with Gasteiger partial charge in [-0.15, -0.1) is 11.3 Å². The average molecular weight is 311 g/mol. The summed E-state index contributed by atoms with van der Waals surface area (Å²) in [4.78, 5) is 1.37. The Morgan fingerprint density at radius 3 is 2.73 bits per heavy atom. The Balaban J connectivity index is 1.88. The molecule has 114 valence electrons. The second kappa shape index (κ2) is 6.84. The fraction of sp³-hybridized carbons (Fsp3) is 0.263.